The van der Waals surface area contributed by atoms with Crippen LogP contribution in [0.3, 0.4) is 0 Å². The molecule has 1 aromatic carbocycles. The lowest BCUT2D eigenvalue weighted by molar-refractivity contribution is 0.300. The van der Waals surface area contributed by atoms with Gasteiger partial charge in [-0.1, -0.05) is 18.2 Å². The Morgan fingerprint density at radius 2 is 2.00 bits per heavy atom. The molecule has 5 nitrogen and oxygen atoms in total. The fourth-order valence-corrected chi connectivity index (χ4v) is 4.22. The van der Waals surface area contributed by atoms with E-state index in [4.69, 9.17) is 4.74 Å². The van der Waals surface area contributed by atoms with Crippen LogP contribution in [-0.2, 0) is 15.8 Å². The van der Waals surface area contributed by atoms with Gasteiger partial charge in [-0.05, 0) is 42.6 Å². The van der Waals surface area contributed by atoms with Crippen LogP contribution in [-0.4, -0.2) is 41.1 Å². The van der Waals surface area contributed by atoms with Crippen molar-refractivity contribution in [2.45, 2.75) is 11.8 Å². The van der Waals surface area contributed by atoms with Crippen LogP contribution in [0.15, 0.2) is 41.1 Å². The lowest BCUT2D eigenvalue weighted by Gasteiger charge is -2.24. The molecule has 0 aliphatic heterocycles. The van der Waals surface area contributed by atoms with Gasteiger partial charge in [-0.15, -0.1) is 0 Å². The zero-order chi connectivity index (χ0) is 16.9. The Morgan fingerprint density at radius 1 is 1.26 bits per heavy atom. The topological polar surface area (TPSA) is 58.6 Å². The second-order valence-electron chi connectivity index (χ2n) is 5.46. The maximum atomic E-state index is 12.4. The molecule has 2 aromatic rings. The second kappa shape index (κ2) is 7.92. The molecule has 0 fully saturated rings. The van der Waals surface area contributed by atoms with Crippen molar-refractivity contribution in [3.63, 3.8) is 0 Å². The molecule has 0 aliphatic rings. The van der Waals surface area contributed by atoms with Crippen molar-refractivity contribution in [3.05, 3.63) is 52.2 Å². The van der Waals surface area contributed by atoms with Crippen LogP contribution >= 0.6 is 11.3 Å². The molecule has 0 saturated carbocycles. The third-order valence-corrected chi connectivity index (χ3v) is 5.58. The van der Waals surface area contributed by atoms with Gasteiger partial charge in [0.15, 0.2) is 0 Å². The summed E-state index contributed by atoms with van der Waals surface area (Å²) in [6.45, 7) is 0.335. The molecule has 23 heavy (non-hydrogen) atoms. The number of hydrogen-bond acceptors (Lipinski definition) is 5. The van der Waals surface area contributed by atoms with Gasteiger partial charge in [-0.3, -0.25) is 0 Å². The summed E-state index contributed by atoms with van der Waals surface area (Å²) < 4.78 is 32.7. The highest BCUT2D eigenvalue weighted by molar-refractivity contribution is 7.88. The Morgan fingerprint density at radius 3 is 2.61 bits per heavy atom. The summed E-state index contributed by atoms with van der Waals surface area (Å²) in [5.74, 6) is 0.487. The van der Waals surface area contributed by atoms with E-state index in [1.807, 2.05) is 41.9 Å². The molecule has 0 bridgehead atoms. The molecular weight excluding hydrogens is 332 g/mol. The summed E-state index contributed by atoms with van der Waals surface area (Å²) in [5.41, 5.74) is 1.76. The predicted molar refractivity (Wildman–Crippen MR) is 94.4 cm³/mol. The summed E-state index contributed by atoms with van der Waals surface area (Å²) in [6, 6.07) is 9.18. The maximum Gasteiger partial charge on any atom is 0.215 e. The Hall–Kier alpha value is -1.41. The van der Waals surface area contributed by atoms with Crippen molar-refractivity contribution in [2.75, 3.05) is 27.7 Å². The van der Waals surface area contributed by atoms with Gasteiger partial charge in [0.1, 0.15) is 5.75 Å². The Kier molecular flexibility index (Phi) is 6.17. The predicted octanol–water partition coefficient (Wildman–Crippen LogP) is 2.48. The lowest BCUT2D eigenvalue weighted by Crippen LogP contribution is -2.35. The number of thiophene rings is 1. The largest absolute Gasteiger partial charge is 0.496 e. The molecule has 1 heterocycles. The van der Waals surface area contributed by atoms with E-state index < -0.39 is 10.0 Å². The quantitative estimate of drug-likeness (QED) is 0.791. The molecule has 126 valence electrons. The van der Waals surface area contributed by atoms with Gasteiger partial charge in [0.2, 0.25) is 10.0 Å². The van der Waals surface area contributed by atoms with E-state index in [-0.39, 0.29) is 11.8 Å². The van der Waals surface area contributed by atoms with E-state index in [0.29, 0.717) is 17.9 Å². The highest BCUT2D eigenvalue weighted by atomic mass is 32.2. The summed E-state index contributed by atoms with van der Waals surface area (Å²) in [5, 5.41) is 4.04. The van der Waals surface area contributed by atoms with E-state index in [9.17, 15) is 8.42 Å². The highest BCUT2D eigenvalue weighted by Crippen LogP contribution is 2.22. The highest BCUT2D eigenvalue weighted by Gasteiger charge is 2.20. The van der Waals surface area contributed by atoms with Crippen LogP contribution in [0, 0.1) is 0 Å². The number of hydrogen-bond donors (Lipinski definition) is 1. The van der Waals surface area contributed by atoms with E-state index in [2.05, 4.69) is 4.72 Å². The summed E-state index contributed by atoms with van der Waals surface area (Å²) in [7, 11) is 1.98. The van der Waals surface area contributed by atoms with E-state index in [1.165, 1.54) is 7.11 Å². The number of rotatable bonds is 8. The van der Waals surface area contributed by atoms with Crippen molar-refractivity contribution in [1.29, 1.82) is 0 Å². The van der Waals surface area contributed by atoms with Crippen LogP contribution in [0.4, 0.5) is 0 Å². The molecule has 2 rings (SSSR count). The van der Waals surface area contributed by atoms with Gasteiger partial charge < -0.3 is 9.64 Å². The smallest absolute Gasteiger partial charge is 0.215 e. The number of para-hydroxylation sites is 1. The normalized spacial score (nSPS) is 13.2. The number of methoxy groups -OCH3 is 1. The maximum absolute atomic E-state index is 12.4. The van der Waals surface area contributed by atoms with Crippen molar-refractivity contribution in [2.24, 2.45) is 0 Å². The number of nitrogens with one attached hydrogen (secondary N) is 1. The molecule has 1 atom stereocenters. The molecule has 0 amide bonds. The average molecular weight is 354 g/mol. The standard InChI is InChI=1S/C16H22N2O3S2/c1-18(2)15(13-8-9-22-11-13)10-17-23(19,20)12-14-6-4-5-7-16(14)21-3/h4-9,11,15,17H,10,12H2,1-3H3. The monoisotopic (exact) mass is 354 g/mol. The number of likely N-dealkylation sites (N-methyl/N-ethyl adjacent to an activating group) is 1. The summed E-state index contributed by atoms with van der Waals surface area (Å²) >= 11 is 1.61. The summed E-state index contributed by atoms with van der Waals surface area (Å²) in [6.07, 6.45) is 0. The summed E-state index contributed by atoms with van der Waals surface area (Å²) in [4.78, 5) is 2.01. The molecular formula is C16H22N2O3S2. The number of nitrogens with zero attached hydrogens (tertiary/aromatic N) is 1. The van der Waals surface area contributed by atoms with Gasteiger partial charge >= 0.3 is 0 Å². The van der Waals surface area contributed by atoms with Gasteiger partial charge in [-0.25, -0.2) is 13.1 Å². The Bertz CT molecular complexity index is 713. The third kappa shape index (κ3) is 5.04. The van der Waals surface area contributed by atoms with Crippen LogP contribution in [0.1, 0.15) is 17.2 Å². The molecule has 0 radical (unpaired) electrons. The zero-order valence-corrected chi connectivity index (χ0v) is 15.2. The van der Waals surface area contributed by atoms with Crippen molar-refractivity contribution < 1.29 is 13.2 Å². The first-order chi connectivity index (χ1) is 10.9. The van der Waals surface area contributed by atoms with Crippen LogP contribution in [0.5, 0.6) is 5.75 Å². The first kappa shape index (κ1) is 17.9. The van der Waals surface area contributed by atoms with E-state index in [0.717, 1.165) is 5.56 Å². The second-order valence-corrected chi connectivity index (χ2v) is 8.04. The minimum absolute atomic E-state index is 0.00805. The molecule has 1 unspecified atom stereocenters. The molecule has 1 N–H and O–H groups in total. The minimum Gasteiger partial charge on any atom is -0.496 e. The fourth-order valence-electron chi connectivity index (χ4n) is 2.35. The van der Waals surface area contributed by atoms with Gasteiger partial charge in [0, 0.05) is 18.2 Å². The number of benzene rings is 1. The van der Waals surface area contributed by atoms with Crippen LogP contribution in [0.25, 0.3) is 0 Å². The SMILES string of the molecule is COc1ccccc1CS(=O)(=O)NCC(c1ccsc1)N(C)C. The van der Waals surface area contributed by atoms with Crippen molar-refractivity contribution in [1.82, 2.24) is 9.62 Å². The molecule has 0 spiro atoms. The minimum atomic E-state index is -3.44. The van der Waals surface area contributed by atoms with Gasteiger partial charge in [0.25, 0.3) is 0 Å². The third-order valence-electron chi connectivity index (χ3n) is 3.59. The lowest BCUT2D eigenvalue weighted by atomic mass is 10.1. The Labute approximate surface area is 142 Å². The van der Waals surface area contributed by atoms with Crippen LogP contribution in [0.2, 0.25) is 0 Å². The zero-order valence-electron chi connectivity index (χ0n) is 13.5. The molecule has 7 heteroatoms. The fraction of sp³-hybridized carbons (Fsp3) is 0.375. The molecule has 0 saturated heterocycles. The van der Waals surface area contributed by atoms with Gasteiger partial charge in [0.05, 0.1) is 12.9 Å². The first-order valence-electron chi connectivity index (χ1n) is 7.20. The Balaban J connectivity index is 2.06. The van der Waals surface area contributed by atoms with Gasteiger partial charge in [-0.2, -0.15) is 11.3 Å². The first-order valence-corrected chi connectivity index (χ1v) is 9.80. The molecule has 0 aliphatic carbocycles. The van der Waals surface area contributed by atoms with E-state index in [1.54, 1.807) is 29.5 Å². The average Bonchev–Trinajstić information content (AvgIpc) is 3.01. The van der Waals surface area contributed by atoms with E-state index >= 15 is 0 Å². The van der Waals surface area contributed by atoms with Crippen molar-refractivity contribution in [3.8, 4) is 5.75 Å². The van der Waals surface area contributed by atoms with Crippen molar-refractivity contribution >= 4 is 21.4 Å². The van der Waals surface area contributed by atoms with Crippen LogP contribution < -0.4 is 9.46 Å². The molecule has 1 aromatic heterocycles. The number of sulfonamides is 1. The number of ether oxygens (including phenoxy) is 1.